The number of thiophene rings is 1. The lowest BCUT2D eigenvalue weighted by Gasteiger charge is -2.11. The number of fused-ring (bicyclic) bond motifs is 1. The number of pyridine rings is 1. The van der Waals surface area contributed by atoms with Gasteiger partial charge in [-0.25, -0.2) is 0 Å². The van der Waals surface area contributed by atoms with Crippen molar-refractivity contribution in [1.82, 2.24) is 4.98 Å². The summed E-state index contributed by atoms with van der Waals surface area (Å²) in [5.41, 5.74) is 8.90. The number of hydrogen-bond acceptors (Lipinski definition) is 4. The van der Waals surface area contributed by atoms with E-state index in [9.17, 15) is 0 Å². The van der Waals surface area contributed by atoms with Crippen LogP contribution < -0.4 is 11.1 Å². The standard InChI is InChI=1S/C16H16BrN3S/c1-10-8-12-13(9-20-10)14(18)3-4-15(12)19-7-6-11-2-5-16(17)21-11/h2-5,8-9,19H,6-7,18H2,1H3. The number of aromatic nitrogens is 1. The number of nitrogens with one attached hydrogen (secondary N) is 1. The number of nitrogens with zero attached hydrogens (tertiary/aromatic N) is 1. The molecule has 0 spiro atoms. The molecule has 0 aliphatic heterocycles. The predicted octanol–water partition coefficient (Wildman–Crippen LogP) is 4.60. The summed E-state index contributed by atoms with van der Waals surface area (Å²) in [5, 5.41) is 5.65. The maximum Gasteiger partial charge on any atom is 0.0701 e. The van der Waals surface area contributed by atoms with Crippen molar-refractivity contribution in [2.75, 3.05) is 17.6 Å². The van der Waals surface area contributed by atoms with Crippen LogP contribution in [0, 0.1) is 6.92 Å². The molecular weight excluding hydrogens is 346 g/mol. The summed E-state index contributed by atoms with van der Waals surface area (Å²) >= 11 is 5.27. The van der Waals surface area contributed by atoms with Crippen LogP contribution >= 0.6 is 27.3 Å². The maximum atomic E-state index is 6.03. The van der Waals surface area contributed by atoms with E-state index in [-0.39, 0.29) is 0 Å². The second kappa shape index (κ2) is 6.03. The lowest BCUT2D eigenvalue weighted by atomic mass is 10.1. The SMILES string of the molecule is Cc1cc2c(NCCc3ccc(Br)s3)ccc(N)c2cn1. The van der Waals surface area contributed by atoms with Crippen molar-refractivity contribution < 1.29 is 0 Å². The smallest absolute Gasteiger partial charge is 0.0701 e. The maximum absolute atomic E-state index is 6.03. The Hall–Kier alpha value is -1.59. The number of benzene rings is 1. The highest BCUT2D eigenvalue weighted by Gasteiger charge is 2.05. The van der Waals surface area contributed by atoms with Gasteiger partial charge in [0.05, 0.1) is 3.79 Å². The van der Waals surface area contributed by atoms with Gasteiger partial charge in [0, 0.05) is 45.5 Å². The van der Waals surface area contributed by atoms with E-state index >= 15 is 0 Å². The molecule has 5 heteroatoms. The van der Waals surface area contributed by atoms with E-state index in [4.69, 9.17) is 5.73 Å². The number of anilines is 2. The van der Waals surface area contributed by atoms with Crippen molar-refractivity contribution in [1.29, 1.82) is 0 Å². The Kier molecular flexibility index (Phi) is 4.12. The van der Waals surface area contributed by atoms with Gasteiger partial charge in [-0.05, 0) is 59.6 Å². The molecule has 3 nitrogen and oxygen atoms in total. The van der Waals surface area contributed by atoms with Gasteiger partial charge in [-0.15, -0.1) is 11.3 Å². The van der Waals surface area contributed by atoms with Gasteiger partial charge in [0.25, 0.3) is 0 Å². The van der Waals surface area contributed by atoms with Crippen molar-refractivity contribution in [3.63, 3.8) is 0 Å². The van der Waals surface area contributed by atoms with Crippen molar-refractivity contribution >= 4 is 49.4 Å². The Morgan fingerprint density at radius 3 is 2.86 bits per heavy atom. The first-order valence-electron chi connectivity index (χ1n) is 6.76. The van der Waals surface area contributed by atoms with Gasteiger partial charge in [-0.2, -0.15) is 0 Å². The van der Waals surface area contributed by atoms with Crippen molar-refractivity contribution in [2.24, 2.45) is 0 Å². The molecule has 21 heavy (non-hydrogen) atoms. The molecule has 0 atom stereocenters. The molecule has 0 saturated heterocycles. The average molecular weight is 362 g/mol. The first-order chi connectivity index (χ1) is 10.1. The van der Waals surface area contributed by atoms with Gasteiger partial charge in [0.1, 0.15) is 0 Å². The Morgan fingerprint density at radius 1 is 1.24 bits per heavy atom. The van der Waals surface area contributed by atoms with Gasteiger partial charge < -0.3 is 11.1 Å². The summed E-state index contributed by atoms with van der Waals surface area (Å²) in [6, 6.07) is 10.3. The minimum Gasteiger partial charge on any atom is -0.398 e. The largest absolute Gasteiger partial charge is 0.398 e. The summed E-state index contributed by atoms with van der Waals surface area (Å²) in [5.74, 6) is 0. The molecule has 0 aliphatic rings. The molecule has 1 aromatic carbocycles. The second-order valence-electron chi connectivity index (χ2n) is 4.96. The number of aryl methyl sites for hydroxylation is 1. The second-order valence-corrected chi connectivity index (χ2v) is 7.50. The molecular formula is C16H16BrN3S. The lowest BCUT2D eigenvalue weighted by molar-refractivity contribution is 1.05. The van der Waals surface area contributed by atoms with Gasteiger partial charge in [-0.3, -0.25) is 4.98 Å². The average Bonchev–Trinajstić information content (AvgIpc) is 2.87. The lowest BCUT2D eigenvalue weighted by Crippen LogP contribution is -2.05. The van der Waals surface area contributed by atoms with E-state index in [0.29, 0.717) is 0 Å². The Morgan fingerprint density at radius 2 is 2.10 bits per heavy atom. The molecule has 3 aromatic rings. The summed E-state index contributed by atoms with van der Waals surface area (Å²) < 4.78 is 1.18. The minimum absolute atomic E-state index is 0.769. The fourth-order valence-corrected chi connectivity index (χ4v) is 3.81. The molecule has 3 N–H and O–H groups in total. The van der Waals surface area contributed by atoms with Crippen LogP contribution in [0.4, 0.5) is 11.4 Å². The van der Waals surface area contributed by atoms with Crippen LogP contribution in [0.25, 0.3) is 10.8 Å². The number of nitrogens with two attached hydrogens (primary N) is 1. The molecule has 0 radical (unpaired) electrons. The molecule has 0 saturated carbocycles. The predicted molar refractivity (Wildman–Crippen MR) is 95.1 cm³/mol. The highest BCUT2D eigenvalue weighted by Crippen LogP contribution is 2.28. The monoisotopic (exact) mass is 361 g/mol. The van der Waals surface area contributed by atoms with Crippen LogP contribution in [-0.4, -0.2) is 11.5 Å². The molecule has 0 unspecified atom stereocenters. The molecule has 108 valence electrons. The number of nitrogen functional groups attached to an aromatic ring is 1. The molecule has 3 rings (SSSR count). The zero-order valence-electron chi connectivity index (χ0n) is 11.7. The first-order valence-corrected chi connectivity index (χ1v) is 8.37. The number of rotatable bonds is 4. The molecule has 0 aliphatic carbocycles. The molecule has 2 aromatic heterocycles. The zero-order chi connectivity index (χ0) is 14.8. The van der Waals surface area contributed by atoms with Gasteiger partial charge in [-0.1, -0.05) is 0 Å². The fourth-order valence-electron chi connectivity index (χ4n) is 2.33. The van der Waals surface area contributed by atoms with E-state index in [1.807, 2.05) is 25.3 Å². The molecule has 2 heterocycles. The third-order valence-electron chi connectivity index (χ3n) is 3.39. The highest BCUT2D eigenvalue weighted by molar-refractivity contribution is 9.11. The van der Waals surface area contributed by atoms with Crippen molar-refractivity contribution in [3.05, 3.63) is 50.9 Å². The number of halogens is 1. The summed E-state index contributed by atoms with van der Waals surface area (Å²) in [7, 11) is 0. The van der Waals surface area contributed by atoms with Crippen molar-refractivity contribution in [2.45, 2.75) is 13.3 Å². The first kappa shape index (κ1) is 14.4. The Balaban J connectivity index is 1.80. The fraction of sp³-hybridized carbons (Fsp3) is 0.188. The number of hydrogen-bond donors (Lipinski definition) is 2. The Bertz CT molecular complexity index is 782. The molecule has 0 fully saturated rings. The highest BCUT2D eigenvalue weighted by atomic mass is 79.9. The molecule has 0 amide bonds. The molecule has 0 bridgehead atoms. The third-order valence-corrected chi connectivity index (χ3v) is 5.07. The normalized spacial score (nSPS) is 11.0. The summed E-state index contributed by atoms with van der Waals surface area (Å²) in [6.07, 6.45) is 2.85. The summed E-state index contributed by atoms with van der Waals surface area (Å²) in [4.78, 5) is 5.70. The quantitative estimate of drug-likeness (QED) is 0.667. The van der Waals surface area contributed by atoms with Crippen LogP contribution in [0.5, 0.6) is 0 Å². The summed E-state index contributed by atoms with van der Waals surface area (Å²) in [6.45, 7) is 2.89. The van der Waals surface area contributed by atoms with Crippen LogP contribution in [0.3, 0.4) is 0 Å². The van der Waals surface area contributed by atoms with Gasteiger partial charge in [0.15, 0.2) is 0 Å². The van der Waals surface area contributed by atoms with E-state index < -0.39 is 0 Å². The van der Waals surface area contributed by atoms with E-state index in [2.05, 4.69) is 44.4 Å². The van der Waals surface area contributed by atoms with Crippen molar-refractivity contribution in [3.8, 4) is 0 Å². The van der Waals surface area contributed by atoms with E-state index in [1.54, 1.807) is 11.3 Å². The topological polar surface area (TPSA) is 50.9 Å². The van der Waals surface area contributed by atoms with Crippen LogP contribution in [0.2, 0.25) is 0 Å². The Labute approximate surface area is 136 Å². The zero-order valence-corrected chi connectivity index (χ0v) is 14.1. The van der Waals surface area contributed by atoms with Crippen LogP contribution in [0.15, 0.2) is 40.3 Å². The minimum atomic E-state index is 0.769. The third kappa shape index (κ3) is 3.19. The van der Waals surface area contributed by atoms with Crippen LogP contribution in [-0.2, 0) is 6.42 Å². The van der Waals surface area contributed by atoms with Crippen LogP contribution in [0.1, 0.15) is 10.6 Å². The van der Waals surface area contributed by atoms with Gasteiger partial charge in [0.2, 0.25) is 0 Å². The van der Waals surface area contributed by atoms with Gasteiger partial charge >= 0.3 is 0 Å². The van der Waals surface area contributed by atoms with E-state index in [0.717, 1.165) is 40.8 Å². The van der Waals surface area contributed by atoms with E-state index in [1.165, 1.54) is 8.66 Å².